The lowest BCUT2D eigenvalue weighted by Gasteiger charge is -2.27. The Kier molecular flexibility index (Phi) is 9.69. The van der Waals surface area contributed by atoms with Crippen LogP contribution in [-0.2, 0) is 32.1 Å². The van der Waals surface area contributed by atoms with Gasteiger partial charge in [-0.1, -0.05) is 74.5 Å². The molecule has 3 atom stereocenters. The van der Waals surface area contributed by atoms with Crippen molar-refractivity contribution in [2.24, 2.45) is 5.92 Å². The fourth-order valence-electron chi connectivity index (χ4n) is 3.09. The van der Waals surface area contributed by atoms with Crippen molar-refractivity contribution in [1.82, 2.24) is 10.6 Å². The maximum Gasteiger partial charge on any atom is 0.408 e. The van der Waals surface area contributed by atoms with Crippen molar-refractivity contribution < 1.29 is 29.0 Å². The maximum absolute atomic E-state index is 13.0. The van der Waals surface area contributed by atoms with Crippen LogP contribution < -0.4 is 10.6 Å². The zero-order valence-corrected chi connectivity index (χ0v) is 18.5. The number of hydrogen-bond acceptors (Lipinski definition) is 6. The van der Waals surface area contributed by atoms with Crippen LogP contribution in [0.4, 0.5) is 4.79 Å². The molecule has 0 bridgehead atoms. The standard InChI is InChI=1S/C24H30N2O6/c1-16(2)20(26-24(30)32-15-18-12-8-5-9-13-18)22(28)25-19(21(27)23(29)31-3)14-17-10-6-4-7-11-17/h4-13,16,19-21,27H,14-15H2,1-3H3,(H,25,28)(H,26,30)/t19-,20-,21+/m0/s1. The van der Waals surface area contributed by atoms with Gasteiger partial charge in [0.05, 0.1) is 13.2 Å². The zero-order valence-electron chi connectivity index (χ0n) is 18.5. The Labute approximate surface area is 187 Å². The number of carbonyl (C=O) groups excluding carboxylic acids is 3. The summed E-state index contributed by atoms with van der Waals surface area (Å²) in [5.41, 5.74) is 1.63. The fourth-order valence-corrected chi connectivity index (χ4v) is 3.09. The van der Waals surface area contributed by atoms with Gasteiger partial charge < -0.3 is 25.2 Å². The Morgan fingerprint density at radius 3 is 2.00 bits per heavy atom. The molecule has 0 aliphatic rings. The molecule has 8 nitrogen and oxygen atoms in total. The molecule has 2 amide bonds. The topological polar surface area (TPSA) is 114 Å². The molecular weight excluding hydrogens is 412 g/mol. The van der Waals surface area contributed by atoms with E-state index in [1.807, 2.05) is 60.7 Å². The van der Waals surface area contributed by atoms with Crippen LogP contribution in [0.25, 0.3) is 0 Å². The highest BCUT2D eigenvalue weighted by atomic mass is 16.5. The van der Waals surface area contributed by atoms with Crippen LogP contribution >= 0.6 is 0 Å². The number of hydrogen-bond donors (Lipinski definition) is 3. The number of aliphatic hydroxyl groups is 1. The van der Waals surface area contributed by atoms with Crippen LogP contribution in [0.2, 0.25) is 0 Å². The van der Waals surface area contributed by atoms with Gasteiger partial charge in [0.2, 0.25) is 5.91 Å². The summed E-state index contributed by atoms with van der Waals surface area (Å²) in [7, 11) is 1.16. The van der Waals surface area contributed by atoms with E-state index in [4.69, 9.17) is 4.74 Å². The van der Waals surface area contributed by atoms with Gasteiger partial charge in [-0.15, -0.1) is 0 Å². The molecule has 8 heteroatoms. The lowest BCUT2D eigenvalue weighted by Crippen LogP contribution is -2.56. The first-order valence-corrected chi connectivity index (χ1v) is 10.4. The SMILES string of the molecule is COC(=O)[C@H](O)[C@H](Cc1ccccc1)NC(=O)[C@@H](NC(=O)OCc1ccccc1)C(C)C. The Bertz CT molecular complexity index is 873. The number of aliphatic hydroxyl groups excluding tert-OH is 1. The van der Waals surface area contributed by atoms with Crippen molar-refractivity contribution in [3.8, 4) is 0 Å². The van der Waals surface area contributed by atoms with Crippen LogP contribution in [0.3, 0.4) is 0 Å². The largest absolute Gasteiger partial charge is 0.467 e. The summed E-state index contributed by atoms with van der Waals surface area (Å²) < 4.78 is 9.84. The average Bonchev–Trinajstić information content (AvgIpc) is 2.80. The first-order valence-electron chi connectivity index (χ1n) is 10.4. The molecule has 0 aliphatic carbocycles. The number of carbonyl (C=O) groups is 3. The summed E-state index contributed by atoms with van der Waals surface area (Å²) in [6, 6.07) is 16.4. The van der Waals surface area contributed by atoms with Crippen molar-refractivity contribution in [2.75, 3.05) is 7.11 Å². The molecule has 0 heterocycles. The van der Waals surface area contributed by atoms with Gasteiger partial charge in [0.15, 0.2) is 6.10 Å². The van der Waals surface area contributed by atoms with Crippen molar-refractivity contribution >= 4 is 18.0 Å². The van der Waals surface area contributed by atoms with E-state index >= 15 is 0 Å². The van der Waals surface area contributed by atoms with Crippen LogP contribution in [0.15, 0.2) is 60.7 Å². The van der Waals surface area contributed by atoms with Crippen LogP contribution in [0.5, 0.6) is 0 Å². The second-order valence-corrected chi connectivity index (χ2v) is 7.70. The molecule has 0 fully saturated rings. The molecule has 32 heavy (non-hydrogen) atoms. The Morgan fingerprint density at radius 2 is 1.47 bits per heavy atom. The molecular formula is C24H30N2O6. The third-order valence-corrected chi connectivity index (χ3v) is 4.89. The summed E-state index contributed by atoms with van der Waals surface area (Å²) in [6.07, 6.45) is -2.11. The Hall–Kier alpha value is -3.39. The number of methoxy groups -OCH3 is 1. The quantitative estimate of drug-likeness (QED) is 0.486. The van der Waals surface area contributed by atoms with Crippen molar-refractivity contribution in [2.45, 2.75) is 45.1 Å². The van der Waals surface area contributed by atoms with E-state index in [2.05, 4.69) is 15.4 Å². The van der Waals surface area contributed by atoms with Gasteiger partial charge in [-0.05, 0) is 23.5 Å². The monoisotopic (exact) mass is 442 g/mol. The molecule has 0 aromatic heterocycles. The van der Waals surface area contributed by atoms with E-state index in [9.17, 15) is 19.5 Å². The Morgan fingerprint density at radius 1 is 0.906 bits per heavy atom. The molecule has 2 aromatic carbocycles. The van der Waals surface area contributed by atoms with E-state index in [1.54, 1.807) is 13.8 Å². The molecule has 0 radical (unpaired) electrons. The number of benzene rings is 2. The summed E-state index contributed by atoms with van der Waals surface area (Å²) in [5, 5.41) is 15.6. The van der Waals surface area contributed by atoms with E-state index in [0.29, 0.717) is 0 Å². The predicted molar refractivity (Wildman–Crippen MR) is 118 cm³/mol. The van der Waals surface area contributed by atoms with Gasteiger partial charge in [-0.25, -0.2) is 9.59 Å². The maximum atomic E-state index is 13.0. The van der Waals surface area contributed by atoms with Crippen molar-refractivity contribution in [1.29, 1.82) is 0 Å². The fraction of sp³-hybridized carbons (Fsp3) is 0.375. The molecule has 0 aliphatic heterocycles. The third-order valence-electron chi connectivity index (χ3n) is 4.89. The van der Waals surface area contributed by atoms with Gasteiger partial charge in [0.25, 0.3) is 0 Å². The van der Waals surface area contributed by atoms with Crippen LogP contribution in [-0.4, -0.2) is 48.4 Å². The van der Waals surface area contributed by atoms with Crippen molar-refractivity contribution in [3.05, 3.63) is 71.8 Å². The number of ether oxygens (including phenoxy) is 2. The second-order valence-electron chi connectivity index (χ2n) is 7.70. The summed E-state index contributed by atoms with van der Waals surface area (Å²) >= 11 is 0. The minimum absolute atomic E-state index is 0.0663. The smallest absolute Gasteiger partial charge is 0.408 e. The van der Waals surface area contributed by atoms with Crippen molar-refractivity contribution in [3.63, 3.8) is 0 Å². The number of nitrogens with one attached hydrogen (secondary N) is 2. The molecule has 172 valence electrons. The molecule has 0 saturated carbocycles. The third kappa shape index (κ3) is 7.70. The van der Waals surface area contributed by atoms with Gasteiger partial charge >= 0.3 is 12.1 Å². The van der Waals surface area contributed by atoms with Crippen LogP contribution in [0.1, 0.15) is 25.0 Å². The molecule has 3 N–H and O–H groups in total. The van der Waals surface area contributed by atoms with E-state index < -0.39 is 36.2 Å². The average molecular weight is 443 g/mol. The molecule has 0 unspecified atom stereocenters. The molecule has 2 rings (SSSR count). The zero-order chi connectivity index (χ0) is 23.5. The first-order chi connectivity index (χ1) is 15.3. The van der Waals surface area contributed by atoms with Gasteiger partial charge in [-0.2, -0.15) is 0 Å². The number of rotatable bonds is 10. The Balaban J connectivity index is 2.05. The number of amides is 2. The number of esters is 1. The normalized spacial score (nSPS) is 13.5. The predicted octanol–water partition coefficient (Wildman–Crippen LogP) is 2.20. The minimum atomic E-state index is -1.57. The van der Waals surface area contributed by atoms with Gasteiger partial charge in [0.1, 0.15) is 12.6 Å². The molecule has 0 spiro atoms. The van der Waals surface area contributed by atoms with E-state index in [-0.39, 0.29) is 18.9 Å². The highest BCUT2D eigenvalue weighted by Crippen LogP contribution is 2.10. The molecule has 2 aromatic rings. The summed E-state index contributed by atoms with van der Waals surface area (Å²) in [6.45, 7) is 3.60. The van der Waals surface area contributed by atoms with Crippen LogP contribution in [0, 0.1) is 5.92 Å². The highest BCUT2D eigenvalue weighted by molar-refractivity contribution is 5.87. The summed E-state index contributed by atoms with van der Waals surface area (Å²) in [4.78, 5) is 37.1. The lowest BCUT2D eigenvalue weighted by molar-refractivity contribution is -0.152. The summed E-state index contributed by atoms with van der Waals surface area (Å²) in [5.74, 6) is -1.67. The second kappa shape index (κ2) is 12.5. The number of alkyl carbamates (subject to hydrolysis) is 1. The van der Waals surface area contributed by atoms with Gasteiger partial charge in [-0.3, -0.25) is 4.79 Å². The highest BCUT2D eigenvalue weighted by Gasteiger charge is 2.32. The van der Waals surface area contributed by atoms with Gasteiger partial charge in [0, 0.05) is 0 Å². The lowest BCUT2D eigenvalue weighted by atomic mass is 9.98. The minimum Gasteiger partial charge on any atom is -0.467 e. The van der Waals surface area contributed by atoms with E-state index in [1.165, 1.54) is 0 Å². The van der Waals surface area contributed by atoms with E-state index in [0.717, 1.165) is 18.2 Å². The first kappa shape index (κ1) is 24.9. The molecule has 0 saturated heterocycles.